The molecule has 166 valence electrons. The van der Waals surface area contributed by atoms with Crippen molar-refractivity contribution >= 4 is 6.21 Å². The number of hydrogen-bond acceptors (Lipinski definition) is 6. The van der Waals surface area contributed by atoms with E-state index < -0.39 is 0 Å². The quantitative estimate of drug-likeness (QED) is 0.711. The summed E-state index contributed by atoms with van der Waals surface area (Å²) < 4.78 is 11.9. The van der Waals surface area contributed by atoms with Crippen molar-refractivity contribution in [3.63, 3.8) is 0 Å². The SMILES string of the molecule is CC(C)Oc1cc(CN2CCC(C3(C)C=C(N)C=NC3N)CC2)cc(OC(C)C)c1. The summed E-state index contributed by atoms with van der Waals surface area (Å²) in [5.41, 5.74) is 14.1. The minimum Gasteiger partial charge on any atom is -0.491 e. The Kier molecular flexibility index (Phi) is 7.09. The van der Waals surface area contributed by atoms with Crippen LogP contribution in [0.25, 0.3) is 0 Å². The molecule has 2 atom stereocenters. The number of nitrogens with zero attached hydrogens (tertiary/aromatic N) is 2. The van der Waals surface area contributed by atoms with Crippen LogP contribution in [0.3, 0.4) is 0 Å². The number of aliphatic imine (C=N–C) groups is 1. The molecule has 2 unspecified atom stereocenters. The molecule has 1 aromatic rings. The molecular weight excluding hydrogens is 376 g/mol. The fourth-order valence-electron chi connectivity index (χ4n) is 4.54. The van der Waals surface area contributed by atoms with E-state index in [1.807, 2.05) is 33.8 Å². The first-order valence-electron chi connectivity index (χ1n) is 11.1. The van der Waals surface area contributed by atoms with Gasteiger partial charge in [0.15, 0.2) is 0 Å². The monoisotopic (exact) mass is 414 g/mol. The van der Waals surface area contributed by atoms with Crippen LogP contribution in [0.2, 0.25) is 0 Å². The third kappa shape index (κ3) is 5.55. The second-order valence-corrected chi connectivity index (χ2v) is 9.43. The Morgan fingerprint density at radius 2 is 1.63 bits per heavy atom. The average molecular weight is 415 g/mol. The van der Waals surface area contributed by atoms with Gasteiger partial charge in [0.2, 0.25) is 0 Å². The molecule has 0 bridgehead atoms. The molecule has 4 N–H and O–H groups in total. The number of hydrogen-bond donors (Lipinski definition) is 2. The Morgan fingerprint density at radius 3 is 2.17 bits per heavy atom. The molecule has 0 radical (unpaired) electrons. The first kappa shape index (κ1) is 22.6. The first-order valence-corrected chi connectivity index (χ1v) is 11.1. The van der Waals surface area contributed by atoms with Crippen molar-refractivity contribution in [1.82, 2.24) is 4.90 Å². The molecule has 6 heteroatoms. The van der Waals surface area contributed by atoms with Crippen LogP contribution in [0.1, 0.15) is 53.0 Å². The summed E-state index contributed by atoms with van der Waals surface area (Å²) in [7, 11) is 0. The van der Waals surface area contributed by atoms with Crippen molar-refractivity contribution in [3.8, 4) is 11.5 Å². The van der Waals surface area contributed by atoms with Crippen LogP contribution in [0, 0.1) is 11.3 Å². The molecule has 2 aliphatic heterocycles. The van der Waals surface area contributed by atoms with E-state index in [1.54, 1.807) is 6.21 Å². The second-order valence-electron chi connectivity index (χ2n) is 9.43. The molecular formula is C24H38N4O2. The lowest BCUT2D eigenvalue weighted by atomic mass is 9.69. The van der Waals surface area contributed by atoms with Gasteiger partial charge in [-0.25, -0.2) is 0 Å². The highest BCUT2D eigenvalue weighted by Crippen LogP contribution is 2.41. The van der Waals surface area contributed by atoms with Gasteiger partial charge in [0, 0.05) is 29.9 Å². The smallest absolute Gasteiger partial charge is 0.123 e. The van der Waals surface area contributed by atoms with Crippen LogP contribution in [0.5, 0.6) is 11.5 Å². The van der Waals surface area contributed by atoms with E-state index in [0.717, 1.165) is 49.7 Å². The minimum absolute atomic E-state index is 0.131. The minimum atomic E-state index is -0.220. The van der Waals surface area contributed by atoms with Crippen molar-refractivity contribution in [3.05, 3.63) is 35.5 Å². The Morgan fingerprint density at radius 1 is 1.07 bits per heavy atom. The lowest BCUT2D eigenvalue weighted by Gasteiger charge is -2.44. The molecule has 30 heavy (non-hydrogen) atoms. The van der Waals surface area contributed by atoms with Crippen LogP contribution in [0.4, 0.5) is 0 Å². The lowest BCUT2D eigenvalue weighted by Crippen LogP contribution is -2.48. The summed E-state index contributed by atoms with van der Waals surface area (Å²) in [6.07, 6.45) is 6.01. The fraction of sp³-hybridized carbons (Fsp3) is 0.625. The summed E-state index contributed by atoms with van der Waals surface area (Å²) in [4.78, 5) is 6.91. The third-order valence-corrected chi connectivity index (χ3v) is 6.06. The summed E-state index contributed by atoms with van der Waals surface area (Å²) >= 11 is 0. The number of allylic oxidation sites excluding steroid dienone is 1. The van der Waals surface area contributed by atoms with Crippen molar-refractivity contribution in [2.24, 2.45) is 27.8 Å². The molecule has 2 aliphatic rings. The number of dihydropyridines is 1. The van der Waals surface area contributed by atoms with Gasteiger partial charge in [-0.2, -0.15) is 0 Å². The molecule has 0 amide bonds. The molecule has 1 fully saturated rings. The van der Waals surface area contributed by atoms with E-state index in [-0.39, 0.29) is 23.8 Å². The zero-order valence-electron chi connectivity index (χ0n) is 19.1. The van der Waals surface area contributed by atoms with Gasteiger partial charge in [-0.15, -0.1) is 0 Å². The van der Waals surface area contributed by atoms with Gasteiger partial charge < -0.3 is 20.9 Å². The molecule has 0 saturated carbocycles. The number of likely N-dealkylation sites (tertiary alicyclic amines) is 1. The van der Waals surface area contributed by atoms with Gasteiger partial charge in [0.25, 0.3) is 0 Å². The molecule has 0 aromatic heterocycles. The molecule has 2 heterocycles. The zero-order chi connectivity index (χ0) is 21.9. The third-order valence-electron chi connectivity index (χ3n) is 6.06. The van der Waals surface area contributed by atoms with E-state index in [2.05, 4.69) is 35.0 Å². The second kappa shape index (κ2) is 9.40. The Balaban J connectivity index is 1.66. The van der Waals surface area contributed by atoms with E-state index in [1.165, 1.54) is 5.56 Å². The maximum absolute atomic E-state index is 6.34. The van der Waals surface area contributed by atoms with Crippen LogP contribution in [-0.4, -0.2) is 42.6 Å². The number of rotatable bonds is 7. The normalized spacial score (nSPS) is 25.6. The molecule has 1 saturated heterocycles. The largest absolute Gasteiger partial charge is 0.491 e. The molecule has 6 nitrogen and oxygen atoms in total. The fourth-order valence-corrected chi connectivity index (χ4v) is 4.54. The van der Waals surface area contributed by atoms with Crippen LogP contribution >= 0.6 is 0 Å². The zero-order valence-corrected chi connectivity index (χ0v) is 19.1. The number of ether oxygens (including phenoxy) is 2. The predicted molar refractivity (Wildman–Crippen MR) is 123 cm³/mol. The van der Waals surface area contributed by atoms with Gasteiger partial charge in [0.05, 0.1) is 12.2 Å². The molecule has 3 rings (SSSR count). The summed E-state index contributed by atoms with van der Waals surface area (Å²) in [6, 6.07) is 6.25. The van der Waals surface area contributed by atoms with Crippen LogP contribution in [-0.2, 0) is 6.54 Å². The topological polar surface area (TPSA) is 86.1 Å². The number of piperidine rings is 1. The summed E-state index contributed by atoms with van der Waals surface area (Å²) in [6.45, 7) is 13.3. The van der Waals surface area contributed by atoms with Gasteiger partial charge in [0.1, 0.15) is 17.7 Å². The van der Waals surface area contributed by atoms with Crippen molar-refractivity contribution in [2.75, 3.05) is 13.1 Å². The van der Waals surface area contributed by atoms with Crippen LogP contribution in [0.15, 0.2) is 35.0 Å². The van der Waals surface area contributed by atoms with Crippen molar-refractivity contribution in [2.45, 2.75) is 72.4 Å². The van der Waals surface area contributed by atoms with E-state index >= 15 is 0 Å². The Bertz CT molecular complexity index is 753. The lowest BCUT2D eigenvalue weighted by molar-refractivity contribution is 0.0972. The number of nitrogens with two attached hydrogens (primary N) is 2. The van der Waals surface area contributed by atoms with Crippen molar-refractivity contribution < 1.29 is 9.47 Å². The highest BCUT2D eigenvalue weighted by Gasteiger charge is 2.40. The maximum Gasteiger partial charge on any atom is 0.123 e. The molecule has 0 aliphatic carbocycles. The van der Waals surface area contributed by atoms with Crippen molar-refractivity contribution in [1.29, 1.82) is 0 Å². The summed E-state index contributed by atoms with van der Waals surface area (Å²) in [5, 5.41) is 0. The van der Waals surface area contributed by atoms with Gasteiger partial charge in [-0.1, -0.05) is 13.0 Å². The average Bonchev–Trinajstić information content (AvgIpc) is 2.64. The first-order chi connectivity index (χ1) is 14.2. The highest BCUT2D eigenvalue weighted by molar-refractivity contribution is 5.78. The predicted octanol–water partition coefficient (Wildman–Crippen LogP) is 3.69. The Hall–Kier alpha value is -2.05. The molecule has 1 aromatic carbocycles. The standard InChI is InChI=1S/C24H38N4O2/c1-16(2)29-21-10-18(11-22(12-21)30-17(3)4)15-28-8-6-19(7-9-28)24(5)13-20(25)14-27-23(24)26/h10-14,16-17,19,23H,6-9,15,25-26H2,1-5H3. The van der Waals surface area contributed by atoms with Crippen LogP contribution < -0.4 is 20.9 Å². The molecule has 0 spiro atoms. The van der Waals surface area contributed by atoms with Gasteiger partial charge in [-0.05, 0) is 77.2 Å². The maximum atomic E-state index is 6.34. The van der Waals surface area contributed by atoms with E-state index in [4.69, 9.17) is 20.9 Å². The summed E-state index contributed by atoms with van der Waals surface area (Å²) in [5.74, 6) is 2.22. The number of benzene rings is 1. The Labute approximate surface area is 181 Å². The van der Waals surface area contributed by atoms with E-state index in [9.17, 15) is 0 Å². The van der Waals surface area contributed by atoms with Gasteiger partial charge >= 0.3 is 0 Å². The highest BCUT2D eigenvalue weighted by atomic mass is 16.5. The van der Waals surface area contributed by atoms with E-state index in [0.29, 0.717) is 5.92 Å². The van der Waals surface area contributed by atoms with Gasteiger partial charge in [-0.3, -0.25) is 9.89 Å².